The summed E-state index contributed by atoms with van der Waals surface area (Å²) in [5.41, 5.74) is 5.79. The number of carbonyl (C=O) groups excluding carboxylic acids is 1. The van der Waals surface area contributed by atoms with Crippen LogP contribution in [0.1, 0.15) is 13.8 Å². The molecular weight excluding hydrogens is 210 g/mol. The zero-order valence-corrected chi connectivity index (χ0v) is 9.74. The molecule has 0 aliphatic carbocycles. The molecule has 0 bridgehead atoms. The van der Waals surface area contributed by atoms with Crippen molar-refractivity contribution < 1.29 is 4.79 Å². The Kier molecular flexibility index (Phi) is 3.42. The lowest BCUT2D eigenvalue weighted by molar-refractivity contribution is -0.132. The molecule has 1 aliphatic heterocycles. The van der Waals surface area contributed by atoms with Crippen LogP contribution in [-0.4, -0.2) is 34.2 Å². The highest BCUT2D eigenvalue weighted by Crippen LogP contribution is 2.20. The van der Waals surface area contributed by atoms with Gasteiger partial charge in [0.2, 0.25) is 5.91 Å². The molecule has 2 N–H and O–H groups in total. The number of carbonyl (C=O) groups is 1. The van der Waals surface area contributed by atoms with Crippen molar-refractivity contribution in [2.24, 2.45) is 5.73 Å². The minimum atomic E-state index is -0.698. The third kappa shape index (κ3) is 2.52. The van der Waals surface area contributed by atoms with Crippen molar-refractivity contribution in [1.82, 2.24) is 4.90 Å². The molecule has 1 heterocycles. The standard InChI is InChI=1S/C10H15N3OS/c1-10(2,15)8(12)9(14)13-5-3-4-7(13)6-11/h3-4,7-8,15H,5,12H2,1-2H3/t7-,8-/m0/s1. The Morgan fingerprint density at radius 1 is 1.80 bits per heavy atom. The molecule has 0 fully saturated rings. The lowest BCUT2D eigenvalue weighted by Crippen LogP contribution is -2.53. The number of nitrogens with two attached hydrogens (primary N) is 1. The molecule has 5 heteroatoms. The van der Waals surface area contributed by atoms with Gasteiger partial charge in [-0.15, -0.1) is 0 Å². The zero-order valence-electron chi connectivity index (χ0n) is 8.84. The second-order valence-corrected chi connectivity index (χ2v) is 5.28. The summed E-state index contributed by atoms with van der Waals surface area (Å²) in [6, 6.07) is 0.855. The Hall–Kier alpha value is -0.990. The first-order chi connectivity index (χ1) is 6.88. The summed E-state index contributed by atoms with van der Waals surface area (Å²) in [7, 11) is 0. The van der Waals surface area contributed by atoms with Gasteiger partial charge in [0.1, 0.15) is 6.04 Å². The summed E-state index contributed by atoms with van der Waals surface area (Å²) >= 11 is 4.26. The van der Waals surface area contributed by atoms with E-state index >= 15 is 0 Å². The highest BCUT2D eigenvalue weighted by molar-refractivity contribution is 7.81. The van der Waals surface area contributed by atoms with Gasteiger partial charge in [0, 0.05) is 11.3 Å². The SMILES string of the molecule is CC(C)(S)[C@@H](N)C(=O)N1CC=C[C@H]1C#N. The maximum atomic E-state index is 11.9. The summed E-state index contributed by atoms with van der Waals surface area (Å²) in [6.45, 7) is 4.02. The average molecular weight is 225 g/mol. The topological polar surface area (TPSA) is 70.1 Å². The number of nitrogens with zero attached hydrogens (tertiary/aromatic N) is 2. The van der Waals surface area contributed by atoms with E-state index in [2.05, 4.69) is 12.6 Å². The summed E-state index contributed by atoms with van der Waals surface area (Å²) in [5, 5.41) is 8.81. The van der Waals surface area contributed by atoms with Crippen LogP contribution >= 0.6 is 12.6 Å². The molecular formula is C10H15N3OS. The molecule has 15 heavy (non-hydrogen) atoms. The van der Waals surface area contributed by atoms with Crippen molar-refractivity contribution >= 4 is 18.5 Å². The van der Waals surface area contributed by atoms with E-state index in [1.54, 1.807) is 26.0 Å². The van der Waals surface area contributed by atoms with Gasteiger partial charge in [-0.05, 0) is 19.9 Å². The second-order valence-electron chi connectivity index (χ2n) is 4.12. The largest absolute Gasteiger partial charge is 0.319 e. The molecule has 0 aromatic carbocycles. The highest BCUT2D eigenvalue weighted by Gasteiger charge is 2.35. The van der Waals surface area contributed by atoms with Crippen LogP contribution in [0.5, 0.6) is 0 Å². The first-order valence-corrected chi connectivity index (χ1v) is 5.17. The van der Waals surface area contributed by atoms with Crippen molar-refractivity contribution in [1.29, 1.82) is 5.26 Å². The molecule has 0 aromatic heterocycles. The number of hydrogen-bond acceptors (Lipinski definition) is 4. The third-order valence-electron chi connectivity index (χ3n) is 2.40. The van der Waals surface area contributed by atoms with Gasteiger partial charge in [0.05, 0.1) is 12.1 Å². The Morgan fingerprint density at radius 2 is 2.40 bits per heavy atom. The molecule has 0 radical (unpaired) electrons. The van der Waals surface area contributed by atoms with E-state index in [0.29, 0.717) is 6.54 Å². The molecule has 0 aromatic rings. The number of rotatable bonds is 2. The molecule has 2 atom stereocenters. The number of thiol groups is 1. The van der Waals surface area contributed by atoms with E-state index in [1.807, 2.05) is 6.07 Å². The van der Waals surface area contributed by atoms with Crippen molar-refractivity contribution in [3.63, 3.8) is 0 Å². The van der Waals surface area contributed by atoms with Gasteiger partial charge in [-0.3, -0.25) is 4.79 Å². The Bertz CT molecular complexity index is 327. The maximum absolute atomic E-state index is 11.9. The molecule has 0 spiro atoms. The van der Waals surface area contributed by atoms with E-state index in [1.165, 1.54) is 4.90 Å². The van der Waals surface area contributed by atoms with Crippen LogP contribution in [-0.2, 0) is 4.79 Å². The average Bonchev–Trinajstić information content (AvgIpc) is 2.61. The van der Waals surface area contributed by atoms with Crippen LogP contribution in [0.2, 0.25) is 0 Å². The van der Waals surface area contributed by atoms with E-state index in [9.17, 15) is 4.79 Å². The van der Waals surface area contributed by atoms with E-state index in [4.69, 9.17) is 11.0 Å². The van der Waals surface area contributed by atoms with Crippen LogP contribution in [0.3, 0.4) is 0 Å². The molecule has 0 saturated carbocycles. The van der Waals surface area contributed by atoms with E-state index in [0.717, 1.165) is 0 Å². The molecule has 1 aliphatic rings. The zero-order chi connectivity index (χ0) is 11.6. The Balaban J connectivity index is 2.75. The molecule has 82 valence electrons. The van der Waals surface area contributed by atoms with Gasteiger partial charge in [-0.25, -0.2) is 0 Å². The van der Waals surface area contributed by atoms with Crippen LogP contribution < -0.4 is 5.73 Å². The molecule has 4 nitrogen and oxygen atoms in total. The maximum Gasteiger partial charge on any atom is 0.242 e. The lowest BCUT2D eigenvalue weighted by Gasteiger charge is -2.30. The molecule has 1 rings (SSSR count). The molecule has 0 unspecified atom stereocenters. The third-order valence-corrected chi connectivity index (χ3v) is 2.68. The summed E-state index contributed by atoms with van der Waals surface area (Å²) < 4.78 is -0.584. The van der Waals surface area contributed by atoms with Crippen LogP contribution in [0.25, 0.3) is 0 Å². The molecule has 1 amide bonds. The van der Waals surface area contributed by atoms with Gasteiger partial charge in [0.15, 0.2) is 0 Å². The van der Waals surface area contributed by atoms with Crippen molar-refractivity contribution in [3.05, 3.63) is 12.2 Å². The fourth-order valence-electron chi connectivity index (χ4n) is 1.34. The second kappa shape index (κ2) is 4.25. The minimum Gasteiger partial charge on any atom is -0.319 e. The van der Waals surface area contributed by atoms with Crippen LogP contribution in [0, 0.1) is 11.3 Å². The lowest BCUT2D eigenvalue weighted by atomic mass is 10.0. The van der Waals surface area contributed by atoms with Gasteiger partial charge in [-0.2, -0.15) is 17.9 Å². The number of nitriles is 1. The normalized spacial score (nSPS) is 22.6. The Morgan fingerprint density at radius 3 is 2.87 bits per heavy atom. The van der Waals surface area contributed by atoms with Crippen molar-refractivity contribution in [3.8, 4) is 6.07 Å². The monoisotopic (exact) mass is 225 g/mol. The van der Waals surface area contributed by atoms with Crippen LogP contribution in [0.4, 0.5) is 0 Å². The summed E-state index contributed by atoms with van der Waals surface area (Å²) in [5.74, 6) is -0.230. The summed E-state index contributed by atoms with van der Waals surface area (Å²) in [4.78, 5) is 13.4. The highest BCUT2D eigenvalue weighted by atomic mass is 32.1. The van der Waals surface area contributed by atoms with E-state index in [-0.39, 0.29) is 5.91 Å². The van der Waals surface area contributed by atoms with E-state index < -0.39 is 16.8 Å². The van der Waals surface area contributed by atoms with Crippen molar-refractivity contribution in [2.45, 2.75) is 30.7 Å². The first-order valence-electron chi connectivity index (χ1n) is 4.72. The van der Waals surface area contributed by atoms with Gasteiger partial charge in [-0.1, -0.05) is 6.08 Å². The fourth-order valence-corrected chi connectivity index (χ4v) is 1.45. The predicted molar refractivity (Wildman–Crippen MR) is 61.3 cm³/mol. The molecule has 0 saturated heterocycles. The number of hydrogen-bond donors (Lipinski definition) is 2. The van der Waals surface area contributed by atoms with Gasteiger partial charge in [0.25, 0.3) is 0 Å². The quantitative estimate of drug-likeness (QED) is 0.525. The van der Waals surface area contributed by atoms with Gasteiger partial charge >= 0.3 is 0 Å². The number of amides is 1. The Labute approximate surface area is 95.1 Å². The minimum absolute atomic E-state index is 0.230. The van der Waals surface area contributed by atoms with Crippen LogP contribution in [0.15, 0.2) is 12.2 Å². The van der Waals surface area contributed by atoms with Gasteiger partial charge < -0.3 is 10.6 Å². The predicted octanol–water partition coefficient (Wildman–Crippen LogP) is 0.313. The first kappa shape index (κ1) is 12.1. The summed E-state index contributed by atoms with van der Waals surface area (Å²) in [6.07, 6.45) is 3.50. The fraction of sp³-hybridized carbons (Fsp3) is 0.600. The smallest absolute Gasteiger partial charge is 0.242 e. The van der Waals surface area contributed by atoms with Crippen molar-refractivity contribution in [2.75, 3.05) is 6.54 Å².